The second-order valence-electron chi connectivity index (χ2n) is 1.81. The lowest BCUT2D eigenvalue weighted by molar-refractivity contribution is 0.701. The second kappa shape index (κ2) is 2.31. The molecule has 1 rings (SSSR count). The van der Waals surface area contributed by atoms with E-state index in [0.717, 1.165) is 5.69 Å². The van der Waals surface area contributed by atoms with E-state index in [-0.39, 0.29) is 0 Å². The molecule has 0 aliphatic heterocycles. The Morgan fingerprint density at radius 2 is 2.67 bits per heavy atom. The van der Waals surface area contributed by atoms with E-state index in [1.165, 1.54) is 0 Å². The van der Waals surface area contributed by atoms with Crippen LogP contribution < -0.4 is 0 Å². The highest BCUT2D eigenvalue weighted by Crippen LogP contribution is 1.90. The third kappa shape index (κ3) is 1.29. The molecule has 1 aromatic heterocycles. The summed E-state index contributed by atoms with van der Waals surface area (Å²) in [4.78, 5) is 0. The van der Waals surface area contributed by atoms with E-state index in [1.807, 2.05) is 19.1 Å². The van der Waals surface area contributed by atoms with Gasteiger partial charge in [0.1, 0.15) is 6.54 Å². The average molecular weight is 121 g/mol. The van der Waals surface area contributed by atoms with E-state index < -0.39 is 0 Å². The van der Waals surface area contributed by atoms with E-state index in [1.54, 1.807) is 10.9 Å². The molecular weight excluding hydrogens is 114 g/mol. The molecule has 0 fully saturated rings. The van der Waals surface area contributed by atoms with Gasteiger partial charge in [0.05, 0.1) is 11.8 Å². The SMILES string of the molecule is Cc1ccn(CC#N)n1. The number of aromatic nitrogens is 2. The molecule has 0 atom stereocenters. The monoisotopic (exact) mass is 121 g/mol. The maximum atomic E-state index is 8.22. The second-order valence-corrected chi connectivity index (χ2v) is 1.81. The molecule has 0 N–H and O–H groups in total. The zero-order chi connectivity index (χ0) is 6.69. The number of aryl methyl sites for hydroxylation is 1. The van der Waals surface area contributed by atoms with Gasteiger partial charge in [0.25, 0.3) is 0 Å². The average Bonchev–Trinajstić information content (AvgIpc) is 2.17. The van der Waals surface area contributed by atoms with E-state index >= 15 is 0 Å². The van der Waals surface area contributed by atoms with E-state index in [0.29, 0.717) is 6.54 Å². The van der Waals surface area contributed by atoms with Gasteiger partial charge in [0, 0.05) is 6.20 Å². The summed E-state index contributed by atoms with van der Waals surface area (Å²) in [5.41, 5.74) is 0.949. The zero-order valence-electron chi connectivity index (χ0n) is 5.20. The molecule has 0 amide bonds. The van der Waals surface area contributed by atoms with Crippen LogP contribution in [0.1, 0.15) is 5.69 Å². The largest absolute Gasteiger partial charge is 0.258 e. The number of nitriles is 1. The fourth-order valence-electron chi connectivity index (χ4n) is 0.624. The number of nitrogens with zero attached hydrogens (tertiary/aromatic N) is 3. The number of hydrogen-bond donors (Lipinski definition) is 0. The van der Waals surface area contributed by atoms with Crippen LogP contribution in [0.15, 0.2) is 12.3 Å². The maximum absolute atomic E-state index is 8.22. The predicted octanol–water partition coefficient (Wildman–Crippen LogP) is 0.715. The topological polar surface area (TPSA) is 41.6 Å². The van der Waals surface area contributed by atoms with Gasteiger partial charge in [-0.25, -0.2) is 0 Å². The van der Waals surface area contributed by atoms with Gasteiger partial charge in [-0.3, -0.25) is 4.68 Å². The Labute approximate surface area is 53.5 Å². The Morgan fingerprint density at radius 3 is 3.11 bits per heavy atom. The fourth-order valence-corrected chi connectivity index (χ4v) is 0.624. The van der Waals surface area contributed by atoms with Gasteiger partial charge < -0.3 is 0 Å². The molecule has 0 radical (unpaired) electrons. The minimum atomic E-state index is 0.341. The first-order valence-electron chi connectivity index (χ1n) is 2.70. The molecule has 0 unspecified atom stereocenters. The lowest BCUT2D eigenvalue weighted by Crippen LogP contribution is -1.95. The van der Waals surface area contributed by atoms with Crippen LogP contribution in [0.5, 0.6) is 0 Å². The van der Waals surface area contributed by atoms with Gasteiger partial charge in [-0.2, -0.15) is 10.4 Å². The molecule has 9 heavy (non-hydrogen) atoms. The van der Waals surface area contributed by atoms with Crippen molar-refractivity contribution < 1.29 is 0 Å². The van der Waals surface area contributed by atoms with Crippen molar-refractivity contribution >= 4 is 0 Å². The van der Waals surface area contributed by atoms with Crippen LogP contribution in [0, 0.1) is 18.3 Å². The summed E-state index contributed by atoms with van der Waals surface area (Å²) in [6, 6.07) is 3.87. The molecule has 0 saturated carbocycles. The molecule has 0 aromatic carbocycles. The molecule has 3 nitrogen and oxygen atoms in total. The summed E-state index contributed by atoms with van der Waals surface area (Å²) in [7, 11) is 0. The molecule has 3 heteroatoms. The third-order valence-electron chi connectivity index (χ3n) is 1.01. The Kier molecular flexibility index (Phi) is 1.50. The van der Waals surface area contributed by atoms with E-state index in [2.05, 4.69) is 5.10 Å². The van der Waals surface area contributed by atoms with E-state index in [4.69, 9.17) is 5.26 Å². The van der Waals surface area contributed by atoms with Crippen molar-refractivity contribution in [3.63, 3.8) is 0 Å². The van der Waals surface area contributed by atoms with E-state index in [9.17, 15) is 0 Å². The van der Waals surface area contributed by atoms with Crippen LogP contribution in [-0.4, -0.2) is 9.78 Å². The van der Waals surface area contributed by atoms with Crippen LogP contribution in [0.4, 0.5) is 0 Å². The lowest BCUT2D eigenvalue weighted by atomic mass is 10.5. The normalized spacial score (nSPS) is 8.89. The van der Waals surface area contributed by atoms with Crippen LogP contribution in [-0.2, 0) is 6.54 Å². The van der Waals surface area contributed by atoms with Crippen molar-refractivity contribution in [3.8, 4) is 6.07 Å². The number of hydrogen-bond acceptors (Lipinski definition) is 2. The van der Waals surface area contributed by atoms with Crippen molar-refractivity contribution in [2.75, 3.05) is 0 Å². The molecular formula is C6H7N3. The lowest BCUT2D eigenvalue weighted by Gasteiger charge is -1.87. The molecule has 0 aliphatic carbocycles. The molecule has 0 spiro atoms. The minimum Gasteiger partial charge on any atom is -0.258 e. The molecule has 0 aliphatic rings. The van der Waals surface area contributed by atoms with Gasteiger partial charge in [-0.15, -0.1) is 0 Å². The molecule has 1 aromatic rings. The van der Waals surface area contributed by atoms with Crippen LogP contribution in [0.2, 0.25) is 0 Å². The van der Waals surface area contributed by atoms with Gasteiger partial charge in [0.15, 0.2) is 0 Å². The Bertz CT molecular complexity index is 231. The first-order chi connectivity index (χ1) is 4.33. The van der Waals surface area contributed by atoms with Crippen molar-refractivity contribution in [1.82, 2.24) is 9.78 Å². The van der Waals surface area contributed by atoms with Crippen molar-refractivity contribution in [1.29, 1.82) is 5.26 Å². The summed E-state index contributed by atoms with van der Waals surface area (Å²) in [6.45, 7) is 2.24. The Balaban J connectivity index is 2.76. The molecule has 0 bridgehead atoms. The Morgan fingerprint density at radius 1 is 1.89 bits per heavy atom. The van der Waals surface area contributed by atoms with Gasteiger partial charge in [-0.05, 0) is 13.0 Å². The van der Waals surface area contributed by atoms with Crippen LogP contribution in [0.3, 0.4) is 0 Å². The fraction of sp³-hybridized carbons (Fsp3) is 0.333. The first kappa shape index (κ1) is 5.83. The molecule has 1 heterocycles. The summed E-state index contributed by atoms with van der Waals surface area (Å²) < 4.78 is 1.61. The molecule has 46 valence electrons. The van der Waals surface area contributed by atoms with Crippen LogP contribution in [0.25, 0.3) is 0 Å². The van der Waals surface area contributed by atoms with Crippen molar-refractivity contribution in [2.24, 2.45) is 0 Å². The van der Waals surface area contributed by atoms with Gasteiger partial charge in [0.2, 0.25) is 0 Å². The van der Waals surface area contributed by atoms with Gasteiger partial charge in [-0.1, -0.05) is 0 Å². The summed E-state index contributed by atoms with van der Waals surface area (Å²) in [5.74, 6) is 0. The van der Waals surface area contributed by atoms with Crippen molar-refractivity contribution in [2.45, 2.75) is 13.5 Å². The third-order valence-corrected chi connectivity index (χ3v) is 1.01. The zero-order valence-corrected chi connectivity index (χ0v) is 5.20. The summed E-state index contributed by atoms with van der Waals surface area (Å²) in [6.07, 6.45) is 1.79. The smallest absolute Gasteiger partial charge is 0.128 e. The molecule has 0 saturated heterocycles. The minimum absolute atomic E-state index is 0.341. The summed E-state index contributed by atoms with van der Waals surface area (Å²) in [5, 5.41) is 12.2. The van der Waals surface area contributed by atoms with Crippen LogP contribution >= 0.6 is 0 Å². The highest BCUT2D eigenvalue weighted by Gasteiger charge is 1.88. The summed E-state index contributed by atoms with van der Waals surface area (Å²) >= 11 is 0. The van der Waals surface area contributed by atoms with Gasteiger partial charge >= 0.3 is 0 Å². The highest BCUT2D eigenvalue weighted by molar-refractivity contribution is 4.95. The standard InChI is InChI=1S/C6H7N3/c1-6-2-4-9(8-6)5-3-7/h2,4H,5H2,1H3. The van der Waals surface area contributed by atoms with Crippen molar-refractivity contribution in [3.05, 3.63) is 18.0 Å². The number of rotatable bonds is 1. The highest BCUT2D eigenvalue weighted by atomic mass is 15.3. The first-order valence-corrected chi connectivity index (χ1v) is 2.70. The maximum Gasteiger partial charge on any atom is 0.128 e. The Hall–Kier alpha value is -1.30. The predicted molar refractivity (Wildman–Crippen MR) is 32.6 cm³/mol. The quantitative estimate of drug-likeness (QED) is 0.549.